The number of hydrogen-bond donors (Lipinski definition) is 0. The van der Waals surface area contributed by atoms with E-state index < -0.39 is 0 Å². The third kappa shape index (κ3) is 7.89. The minimum Gasteiger partial charge on any atom is -1.00 e. The second-order valence-corrected chi connectivity index (χ2v) is 3.48. The number of nitrogens with zero attached hydrogens (tertiary/aromatic N) is 1. The summed E-state index contributed by atoms with van der Waals surface area (Å²) in [4.78, 5) is 0. The molecular formula is C9H20ClN. The molecule has 0 aromatic heterocycles. The molecular weight excluding hydrogens is 158 g/mol. The van der Waals surface area contributed by atoms with E-state index in [-0.39, 0.29) is 12.4 Å². The molecule has 1 nitrogen and oxygen atoms in total. The Balaban J connectivity index is 0. The van der Waals surface area contributed by atoms with Crippen molar-refractivity contribution in [2.24, 2.45) is 0 Å². The molecule has 0 aliphatic carbocycles. The number of unbranched alkanes of at least 4 members (excludes halogenated alkanes) is 1. The van der Waals surface area contributed by atoms with Crippen LogP contribution >= 0.6 is 0 Å². The van der Waals surface area contributed by atoms with Gasteiger partial charge in [0.05, 0.1) is 27.2 Å². The molecule has 0 aromatic carbocycles. The normalized spacial score (nSPS) is 10.5. The van der Waals surface area contributed by atoms with Crippen LogP contribution in [-0.4, -0.2) is 31.7 Å². The van der Waals surface area contributed by atoms with Crippen molar-refractivity contribution in [3.8, 4) is 0 Å². The fourth-order valence-electron chi connectivity index (χ4n) is 1.03. The second-order valence-electron chi connectivity index (χ2n) is 3.48. The molecule has 0 aliphatic rings. The topological polar surface area (TPSA) is 0 Å². The van der Waals surface area contributed by atoms with Gasteiger partial charge in [-0.2, -0.15) is 0 Å². The van der Waals surface area contributed by atoms with Gasteiger partial charge in [0.1, 0.15) is 0 Å². The zero-order valence-electron chi connectivity index (χ0n) is 7.94. The smallest absolute Gasteiger partial charge is 0.0966 e. The van der Waals surface area contributed by atoms with Crippen LogP contribution in [0, 0.1) is 0 Å². The largest absolute Gasteiger partial charge is 1.00 e. The Hall–Kier alpha value is -0.0100. The summed E-state index contributed by atoms with van der Waals surface area (Å²) >= 11 is 0. The molecule has 0 aromatic rings. The van der Waals surface area contributed by atoms with Crippen molar-refractivity contribution in [3.05, 3.63) is 12.7 Å². The zero-order valence-corrected chi connectivity index (χ0v) is 8.69. The van der Waals surface area contributed by atoms with E-state index in [1.807, 2.05) is 6.08 Å². The summed E-state index contributed by atoms with van der Waals surface area (Å²) in [6, 6.07) is 0. The van der Waals surface area contributed by atoms with Crippen LogP contribution in [0.15, 0.2) is 12.7 Å². The number of halogens is 1. The van der Waals surface area contributed by atoms with Gasteiger partial charge in [0.15, 0.2) is 0 Å². The van der Waals surface area contributed by atoms with Crippen LogP contribution in [0.25, 0.3) is 0 Å². The molecule has 2 heteroatoms. The number of quaternary nitrogens is 1. The Morgan fingerprint density at radius 2 is 1.91 bits per heavy atom. The van der Waals surface area contributed by atoms with Crippen LogP contribution in [0.3, 0.4) is 0 Å². The molecule has 68 valence electrons. The summed E-state index contributed by atoms with van der Waals surface area (Å²) < 4.78 is 1.08. The van der Waals surface area contributed by atoms with Crippen LogP contribution in [0.1, 0.15) is 19.8 Å². The predicted molar refractivity (Wildman–Crippen MR) is 46.9 cm³/mol. The van der Waals surface area contributed by atoms with Gasteiger partial charge >= 0.3 is 0 Å². The van der Waals surface area contributed by atoms with Gasteiger partial charge < -0.3 is 16.9 Å². The first kappa shape index (κ1) is 13.6. The molecule has 0 unspecified atom stereocenters. The highest BCUT2D eigenvalue weighted by atomic mass is 35.5. The first-order chi connectivity index (χ1) is 4.62. The summed E-state index contributed by atoms with van der Waals surface area (Å²) in [6.45, 7) is 8.32. The van der Waals surface area contributed by atoms with E-state index in [1.54, 1.807) is 0 Å². The van der Waals surface area contributed by atoms with Gasteiger partial charge in [-0.05, 0) is 12.5 Å². The van der Waals surface area contributed by atoms with E-state index in [4.69, 9.17) is 0 Å². The first-order valence-corrected chi connectivity index (χ1v) is 4.05. The fraction of sp³-hybridized carbons (Fsp3) is 0.778. The lowest BCUT2D eigenvalue weighted by atomic mass is 10.3. The third-order valence-electron chi connectivity index (χ3n) is 1.74. The maximum absolute atomic E-state index is 3.74. The minimum absolute atomic E-state index is 0. The monoisotopic (exact) mass is 177 g/mol. The average molecular weight is 178 g/mol. The van der Waals surface area contributed by atoms with Gasteiger partial charge in [-0.3, -0.25) is 0 Å². The molecule has 0 aliphatic heterocycles. The Morgan fingerprint density at radius 3 is 2.27 bits per heavy atom. The van der Waals surface area contributed by atoms with Gasteiger partial charge in [0.2, 0.25) is 0 Å². The third-order valence-corrected chi connectivity index (χ3v) is 1.74. The van der Waals surface area contributed by atoms with Crippen molar-refractivity contribution < 1.29 is 16.9 Å². The van der Waals surface area contributed by atoms with Crippen molar-refractivity contribution in [2.75, 3.05) is 27.2 Å². The van der Waals surface area contributed by atoms with E-state index >= 15 is 0 Å². The molecule has 0 spiro atoms. The lowest BCUT2D eigenvalue weighted by Crippen LogP contribution is -3.00. The molecule has 0 saturated heterocycles. The van der Waals surface area contributed by atoms with E-state index in [0.29, 0.717) is 0 Å². The van der Waals surface area contributed by atoms with Gasteiger partial charge in [0, 0.05) is 0 Å². The minimum atomic E-state index is 0. The second kappa shape index (κ2) is 6.68. The summed E-state index contributed by atoms with van der Waals surface area (Å²) in [6.07, 6.45) is 4.61. The van der Waals surface area contributed by atoms with E-state index in [0.717, 1.165) is 11.0 Å². The van der Waals surface area contributed by atoms with Crippen molar-refractivity contribution in [1.82, 2.24) is 0 Å². The summed E-state index contributed by atoms with van der Waals surface area (Å²) in [7, 11) is 4.49. The van der Waals surface area contributed by atoms with Crippen molar-refractivity contribution >= 4 is 0 Å². The molecule has 0 bridgehead atoms. The molecule has 0 atom stereocenters. The Bertz CT molecular complexity index is 99.7. The van der Waals surface area contributed by atoms with E-state index in [9.17, 15) is 0 Å². The van der Waals surface area contributed by atoms with Crippen LogP contribution < -0.4 is 12.4 Å². The highest BCUT2D eigenvalue weighted by molar-refractivity contribution is 4.64. The Morgan fingerprint density at radius 1 is 1.36 bits per heavy atom. The van der Waals surface area contributed by atoms with Crippen LogP contribution in [0.2, 0.25) is 0 Å². The molecule has 0 saturated carbocycles. The molecule has 11 heavy (non-hydrogen) atoms. The molecule has 0 rings (SSSR count). The fourth-order valence-corrected chi connectivity index (χ4v) is 1.03. The first-order valence-electron chi connectivity index (χ1n) is 4.05. The van der Waals surface area contributed by atoms with Gasteiger partial charge in [-0.1, -0.05) is 19.9 Å². The van der Waals surface area contributed by atoms with Gasteiger partial charge in [-0.25, -0.2) is 0 Å². The highest BCUT2D eigenvalue weighted by Gasteiger charge is 2.09. The van der Waals surface area contributed by atoms with Gasteiger partial charge in [0.25, 0.3) is 0 Å². The van der Waals surface area contributed by atoms with Crippen molar-refractivity contribution in [1.29, 1.82) is 0 Å². The average Bonchev–Trinajstić information content (AvgIpc) is 1.84. The quantitative estimate of drug-likeness (QED) is 0.376. The predicted octanol–water partition coefficient (Wildman–Crippen LogP) is -0.947. The van der Waals surface area contributed by atoms with Crippen LogP contribution in [0.5, 0.6) is 0 Å². The van der Waals surface area contributed by atoms with Crippen molar-refractivity contribution in [2.45, 2.75) is 19.8 Å². The summed E-state index contributed by atoms with van der Waals surface area (Å²) in [5, 5.41) is 0. The summed E-state index contributed by atoms with van der Waals surface area (Å²) in [5.41, 5.74) is 0. The Labute approximate surface area is 77.1 Å². The van der Waals surface area contributed by atoms with Crippen LogP contribution in [-0.2, 0) is 0 Å². The Kier molecular flexibility index (Phi) is 8.25. The van der Waals surface area contributed by atoms with Crippen molar-refractivity contribution in [3.63, 3.8) is 0 Å². The lowest BCUT2D eigenvalue weighted by molar-refractivity contribution is -0.884. The molecule has 0 amide bonds. The zero-order chi connectivity index (χ0) is 8.04. The maximum atomic E-state index is 3.74. The number of rotatable bonds is 5. The number of hydrogen-bond acceptors (Lipinski definition) is 0. The maximum Gasteiger partial charge on any atom is 0.0966 e. The molecule has 0 N–H and O–H groups in total. The molecule has 0 heterocycles. The lowest BCUT2D eigenvalue weighted by Gasteiger charge is -2.28. The standard InChI is InChI=1S/C9H20N.ClH/c1-5-7-9-10(3,4)8-6-2;/h6H,2,5,7-9H2,1,3-4H3;1H/q+1;/p-1. The molecule has 0 fully saturated rings. The SMILES string of the molecule is C=CC[N+](C)(C)CCCC.[Cl-]. The summed E-state index contributed by atoms with van der Waals surface area (Å²) in [5.74, 6) is 0. The van der Waals surface area contributed by atoms with E-state index in [2.05, 4.69) is 27.6 Å². The van der Waals surface area contributed by atoms with Gasteiger partial charge in [-0.15, -0.1) is 0 Å². The van der Waals surface area contributed by atoms with E-state index in [1.165, 1.54) is 19.4 Å². The van der Waals surface area contributed by atoms with Crippen LogP contribution in [0.4, 0.5) is 0 Å². The number of likely N-dealkylation sites (N-methyl/N-ethyl adjacent to an activating group) is 1. The highest BCUT2D eigenvalue weighted by Crippen LogP contribution is 2.00. The molecule has 0 radical (unpaired) electrons.